The molecular formula is C20H38O3Si. The van der Waals surface area contributed by atoms with Gasteiger partial charge in [0.05, 0.1) is 0 Å². The van der Waals surface area contributed by atoms with Gasteiger partial charge in [0.15, 0.2) is 0 Å². The molecule has 0 N–H and O–H groups in total. The van der Waals surface area contributed by atoms with Crippen LogP contribution in [0.3, 0.4) is 0 Å². The third-order valence-electron chi connectivity index (χ3n) is 4.98. The van der Waals surface area contributed by atoms with Crippen LogP contribution in [0.4, 0.5) is 0 Å². The van der Waals surface area contributed by atoms with Crippen molar-refractivity contribution in [2.45, 2.75) is 83.1 Å². The maximum atomic E-state index is 5.45. The smallest absolute Gasteiger partial charge is 0.377 e. The van der Waals surface area contributed by atoms with Crippen molar-refractivity contribution < 1.29 is 13.3 Å². The lowest BCUT2D eigenvalue weighted by Crippen LogP contribution is -2.42. The fraction of sp³-hybridized carbons (Fsp3) is 0.800. The van der Waals surface area contributed by atoms with Gasteiger partial charge in [-0.2, -0.15) is 0 Å². The molecule has 0 aromatic rings. The highest BCUT2D eigenvalue weighted by Gasteiger charge is 2.36. The molecule has 0 amide bonds. The summed E-state index contributed by atoms with van der Waals surface area (Å²) in [6.45, 7) is 0. The molecule has 0 atom stereocenters. The van der Waals surface area contributed by atoms with E-state index < -0.39 is 8.80 Å². The van der Waals surface area contributed by atoms with Crippen molar-refractivity contribution in [1.82, 2.24) is 0 Å². The first-order valence-electron chi connectivity index (χ1n) is 9.77. The standard InChI is InChI=1S/C20H38O3Si/c1-21-24(22-2,23-3)19-15-11-9-7-5-4-6-8-10-12-16-20-17-13-14-18-20/h13,17-18H,4-12,14-16,19H2,1-3H3. The highest BCUT2D eigenvalue weighted by Crippen LogP contribution is 2.19. The van der Waals surface area contributed by atoms with E-state index in [1.807, 2.05) is 0 Å². The number of rotatable bonds is 16. The number of allylic oxidation sites excluding steroid dienone is 4. The Labute approximate surface area is 150 Å². The summed E-state index contributed by atoms with van der Waals surface area (Å²) in [5.41, 5.74) is 1.55. The average molecular weight is 355 g/mol. The highest BCUT2D eigenvalue weighted by atomic mass is 28.4. The fourth-order valence-electron chi connectivity index (χ4n) is 3.33. The molecule has 1 rings (SSSR count). The van der Waals surface area contributed by atoms with E-state index in [1.165, 1.54) is 64.2 Å². The van der Waals surface area contributed by atoms with Crippen LogP contribution in [-0.2, 0) is 13.3 Å². The van der Waals surface area contributed by atoms with Crippen LogP contribution in [0.2, 0.25) is 6.04 Å². The maximum absolute atomic E-state index is 5.45. The van der Waals surface area contributed by atoms with Gasteiger partial charge in [-0.05, 0) is 25.7 Å². The Morgan fingerprint density at radius 2 is 1.25 bits per heavy atom. The van der Waals surface area contributed by atoms with E-state index in [2.05, 4.69) is 18.2 Å². The van der Waals surface area contributed by atoms with Crippen molar-refractivity contribution in [2.75, 3.05) is 21.3 Å². The molecule has 0 fully saturated rings. The molecule has 0 saturated heterocycles. The second-order valence-electron chi connectivity index (χ2n) is 6.75. The van der Waals surface area contributed by atoms with Crippen molar-refractivity contribution in [3.05, 3.63) is 23.8 Å². The zero-order valence-electron chi connectivity index (χ0n) is 16.1. The van der Waals surface area contributed by atoms with Gasteiger partial charge in [0, 0.05) is 27.4 Å². The summed E-state index contributed by atoms with van der Waals surface area (Å²) in [6.07, 6.45) is 22.8. The van der Waals surface area contributed by atoms with Gasteiger partial charge in [-0.15, -0.1) is 0 Å². The first kappa shape index (κ1) is 21.6. The van der Waals surface area contributed by atoms with Gasteiger partial charge < -0.3 is 13.3 Å². The Morgan fingerprint density at radius 3 is 1.71 bits per heavy atom. The van der Waals surface area contributed by atoms with Crippen molar-refractivity contribution in [2.24, 2.45) is 0 Å². The first-order chi connectivity index (χ1) is 11.8. The van der Waals surface area contributed by atoms with Crippen LogP contribution in [0.1, 0.15) is 77.0 Å². The summed E-state index contributed by atoms with van der Waals surface area (Å²) in [5, 5.41) is 0. The minimum atomic E-state index is -2.33. The molecule has 140 valence electrons. The summed E-state index contributed by atoms with van der Waals surface area (Å²) >= 11 is 0. The largest absolute Gasteiger partial charge is 0.500 e. The van der Waals surface area contributed by atoms with Gasteiger partial charge in [0.2, 0.25) is 0 Å². The van der Waals surface area contributed by atoms with E-state index in [0.29, 0.717) is 0 Å². The SMILES string of the molecule is CO[Si](CCCCCCCCCCCCC1=CCC=C1)(OC)OC. The number of hydrogen-bond acceptors (Lipinski definition) is 3. The molecule has 0 bridgehead atoms. The Balaban J connectivity index is 1.82. The molecule has 0 aromatic carbocycles. The molecule has 1 aliphatic rings. The van der Waals surface area contributed by atoms with E-state index in [4.69, 9.17) is 13.3 Å². The molecule has 0 heterocycles. The van der Waals surface area contributed by atoms with Crippen LogP contribution in [0.25, 0.3) is 0 Å². The Hall–Kier alpha value is -0.423. The zero-order valence-corrected chi connectivity index (χ0v) is 17.1. The molecule has 0 spiro atoms. The van der Waals surface area contributed by atoms with Crippen LogP contribution < -0.4 is 0 Å². The van der Waals surface area contributed by atoms with E-state index in [0.717, 1.165) is 18.9 Å². The topological polar surface area (TPSA) is 27.7 Å². The summed E-state index contributed by atoms with van der Waals surface area (Å²) in [4.78, 5) is 0. The lowest BCUT2D eigenvalue weighted by atomic mass is 10.0. The van der Waals surface area contributed by atoms with Crippen LogP contribution >= 0.6 is 0 Å². The predicted octanol–water partition coefficient (Wildman–Crippen LogP) is 6.04. The van der Waals surface area contributed by atoms with E-state index in [1.54, 1.807) is 26.9 Å². The van der Waals surface area contributed by atoms with Crippen LogP contribution in [0.5, 0.6) is 0 Å². The van der Waals surface area contributed by atoms with Gasteiger partial charge in [0.25, 0.3) is 0 Å². The third kappa shape index (κ3) is 9.16. The quantitative estimate of drug-likeness (QED) is 0.250. The van der Waals surface area contributed by atoms with Gasteiger partial charge in [-0.25, -0.2) is 0 Å². The average Bonchev–Trinajstić information content (AvgIpc) is 3.13. The summed E-state index contributed by atoms with van der Waals surface area (Å²) in [6, 6.07) is 0.933. The van der Waals surface area contributed by atoms with Crippen molar-refractivity contribution >= 4 is 8.80 Å². The summed E-state index contributed by atoms with van der Waals surface area (Å²) in [5.74, 6) is 0. The van der Waals surface area contributed by atoms with Crippen LogP contribution in [0.15, 0.2) is 23.8 Å². The number of unbranched alkanes of at least 4 members (excludes halogenated alkanes) is 9. The maximum Gasteiger partial charge on any atom is 0.500 e. The van der Waals surface area contributed by atoms with E-state index in [-0.39, 0.29) is 0 Å². The van der Waals surface area contributed by atoms with Gasteiger partial charge in [-0.3, -0.25) is 0 Å². The summed E-state index contributed by atoms with van der Waals surface area (Å²) < 4.78 is 16.3. The van der Waals surface area contributed by atoms with Crippen molar-refractivity contribution in [3.8, 4) is 0 Å². The van der Waals surface area contributed by atoms with Crippen molar-refractivity contribution in [1.29, 1.82) is 0 Å². The Morgan fingerprint density at radius 1 is 0.750 bits per heavy atom. The predicted molar refractivity (Wildman–Crippen MR) is 104 cm³/mol. The van der Waals surface area contributed by atoms with Gasteiger partial charge in [-0.1, -0.05) is 75.2 Å². The Kier molecular flexibility index (Phi) is 12.5. The summed E-state index contributed by atoms with van der Waals surface area (Å²) in [7, 11) is 2.76. The highest BCUT2D eigenvalue weighted by molar-refractivity contribution is 6.60. The molecule has 0 aliphatic heterocycles. The van der Waals surface area contributed by atoms with Crippen molar-refractivity contribution in [3.63, 3.8) is 0 Å². The molecule has 1 aliphatic carbocycles. The molecule has 0 unspecified atom stereocenters. The fourth-order valence-corrected chi connectivity index (χ4v) is 5.13. The molecular weight excluding hydrogens is 316 g/mol. The third-order valence-corrected chi connectivity index (χ3v) is 7.81. The second kappa shape index (κ2) is 13.8. The molecule has 3 nitrogen and oxygen atoms in total. The molecule has 4 heteroatoms. The molecule has 0 saturated carbocycles. The number of hydrogen-bond donors (Lipinski definition) is 0. The minimum absolute atomic E-state index is 0.933. The molecule has 24 heavy (non-hydrogen) atoms. The second-order valence-corrected chi connectivity index (χ2v) is 9.84. The lowest BCUT2D eigenvalue weighted by molar-refractivity contribution is 0.122. The first-order valence-corrected chi connectivity index (χ1v) is 11.7. The van der Waals surface area contributed by atoms with Crippen LogP contribution in [-0.4, -0.2) is 30.1 Å². The minimum Gasteiger partial charge on any atom is -0.377 e. The Bertz CT molecular complexity index is 354. The lowest BCUT2D eigenvalue weighted by Gasteiger charge is -2.24. The van der Waals surface area contributed by atoms with Gasteiger partial charge >= 0.3 is 8.80 Å². The molecule has 0 aromatic heterocycles. The zero-order chi connectivity index (χ0) is 17.5. The van der Waals surface area contributed by atoms with E-state index >= 15 is 0 Å². The monoisotopic (exact) mass is 354 g/mol. The molecule has 0 radical (unpaired) electrons. The van der Waals surface area contributed by atoms with E-state index in [9.17, 15) is 0 Å². The normalized spacial score (nSPS) is 14.4. The van der Waals surface area contributed by atoms with Gasteiger partial charge in [0.1, 0.15) is 0 Å². The van der Waals surface area contributed by atoms with Crippen LogP contribution in [0, 0.1) is 0 Å².